The Kier molecular flexibility index (Phi) is 9.97. The van der Waals surface area contributed by atoms with Gasteiger partial charge in [0.25, 0.3) is 0 Å². The summed E-state index contributed by atoms with van der Waals surface area (Å²) >= 11 is 0. The molecule has 7 nitrogen and oxygen atoms in total. The van der Waals surface area contributed by atoms with Crippen LogP contribution in [0.25, 0.3) is 0 Å². The van der Waals surface area contributed by atoms with Gasteiger partial charge in [-0.1, -0.05) is 18.2 Å². The van der Waals surface area contributed by atoms with Gasteiger partial charge in [0.15, 0.2) is 0 Å². The molecule has 1 aromatic rings. The highest BCUT2D eigenvalue weighted by atomic mass is 16.6. The van der Waals surface area contributed by atoms with E-state index in [0.29, 0.717) is 32.1 Å². The smallest absolute Gasteiger partial charge is 0.410 e. The van der Waals surface area contributed by atoms with E-state index in [0.717, 1.165) is 0 Å². The zero-order chi connectivity index (χ0) is 16.0. The maximum atomic E-state index is 12.1. The lowest BCUT2D eigenvalue weighted by molar-refractivity contribution is 0.0520. The van der Waals surface area contributed by atoms with Crippen molar-refractivity contribution in [1.82, 2.24) is 4.90 Å². The van der Waals surface area contributed by atoms with Crippen LogP contribution in [0.2, 0.25) is 0 Å². The number of carbonyl (C=O) groups is 1. The normalized spacial score (nSPS) is 10.5. The average molecular weight is 313 g/mol. The topological polar surface area (TPSA) is 88.5 Å². The molecule has 0 fully saturated rings. The molecule has 0 aliphatic heterocycles. The fraction of sp³-hybridized carbons (Fsp3) is 0.533. The minimum absolute atomic E-state index is 0.0614. The lowest BCUT2D eigenvalue weighted by Gasteiger charge is -2.21. The molecule has 1 rings (SSSR count). The number of carbonyl (C=O) groups excluding carboxylic acids is 1. The molecular formula is C15H23NO6. The van der Waals surface area contributed by atoms with Crippen molar-refractivity contribution in [2.75, 3.05) is 52.7 Å². The number of amides is 1. The van der Waals surface area contributed by atoms with Gasteiger partial charge in [-0.3, -0.25) is 0 Å². The van der Waals surface area contributed by atoms with E-state index in [9.17, 15) is 4.79 Å². The summed E-state index contributed by atoms with van der Waals surface area (Å²) in [6.45, 7) is 1.57. The third kappa shape index (κ3) is 7.94. The molecule has 7 heteroatoms. The van der Waals surface area contributed by atoms with Crippen LogP contribution in [-0.4, -0.2) is 73.9 Å². The molecular weight excluding hydrogens is 290 g/mol. The Morgan fingerprint density at radius 2 is 1.45 bits per heavy atom. The highest BCUT2D eigenvalue weighted by Gasteiger charge is 2.15. The molecule has 0 unspecified atom stereocenters. The van der Waals surface area contributed by atoms with Crippen molar-refractivity contribution in [3.63, 3.8) is 0 Å². The lowest BCUT2D eigenvalue weighted by Crippen LogP contribution is -2.38. The van der Waals surface area contributed by atoms with Crippen molar-refractivity contribution < 1.29 is 29.2 Å². The summed E-state index contributed by atoms with van der Waals surface area (Å²) in [5.41, 5.74) is 0. The van der Waals surface area contributed by atoms with E-state index in [1.807, 2.05) is 6.07 Å². The SMILES string of the molecule is O=C(Oc1ccccc1)N(CCOCCO)CCOCCO. The van der Waals surface area contributed by atoms with Crippen LogP contribution >= 0.6 is 0 Å². The van der Waals surface area contributed by atoms with Crippen molar-refractivity contribution in [3.8, 4) is 5.75 Å². The molecule has 0 spiro atoms. The minimum atomic E-state index is -0.494. The van der Waals surface area contributed by atoms with Gasteiger partial charge in [0.05, 0.1) is 39.6 Å². The van der Waals surface area contributed by atoms with Crippen molar-refractivity contribution in [3.05, 3.63) is 30.3 Å². The number of rotatable bonds is 11. The monoisotopic (exact) mass is 313 g/mol. The molecule has 1 amide bonds. The Labute approximate surface area is 130 Å². The predicted molar refractivity (Wildman–Crippen MR) is 79.8 cm³/mol. The van der Waals surface area contributed by atoms with Gasteiger partial charge in [0.2, 0.25) is 0 Å². The van der Waals surface area contributed by atoms with E-state index in [1.165, 1.54) is 4.90 Å². The van der Waals surface area contributed by atoms with Crippen LogP contribution in [-0.2, 0) is 9.47 Å². The maximum Gasteiger partial charge on any atom is 0.415 e. The van der Waals surface area contributed by atoms with Crippen LogP contribution in [0.5, 0.6) is 5.75 Å². The number of hydrogen-bond acceptors (Lipinski definition) is 6. The number of benzene rings is 1. The van der Waals surface area contributed by atoms with Gasteiger partial charge in [-0.2, -0.15) is 0 Å². The van der Waals surface area contributed by atoms with E-state index < -0.39 is 6.09 Å². The Morgan fingerprint density at radius 3 is 1.95 bits per heavy atom. The number of aliphatic hydroxyl groups excluding tert-OH is 2. The molecule has 0 aliphatic carbocycles. The summed E-state index contributed by atoms with van der Waals surface area (Å²) in [5.74, 6) is 0.463. The number of nitrogens with zero attached hydrogens (tertiary/aromatic N) is 1. The van der Waals surface area contributed by atoms with E-state index in [-0.39, 0.29) is 26.4 Å². The first-order valence-corrected chi connectivity index (χ1v) is 7.17. The molecule has 0 saturated heterocycles. The van der Waals surface area contributed by atoms with E-state index >= 15 is 0 Å². The quantitative estimate of drug-likeness (QED) is 0.579. The third-order valence-electron chi connectivity index (χ3n) is 2.69. The largest absolute Gasteiger partial charge is 0.415 e. The Morgan fingerprint density at radius 1 is 0.909 bits per heavy atom. The van der Waals surface area contributed by atoms with Gasteiger partial charge in [0.1, 0.15) is 5.75 Å². The van der Waals surface area contributed by atoms with Crippen molar-refractivity contribution in [1.29, 1.82) is 0 Å². The second kappa shape index (κ2) is 11.9. The van der Waals surface area contributed by atoms with Crippen LogP contribution in [0.3, 0.4) is 0 Å². The molecule has 0 bridgehead atoms. The molecule has 2 N–H and O–H groups in total. The number of para-hydroxylation sites is 1. The van der Waals surface area contributed by atoms with Crippen LogP contribution in [0.1, 0.15) is 0 Å². The van der Waals surface area contributed by atoms with Gasteiger partial charge >= 0.3 is 6.09 Å². The molecule has 0 heterocycles. The summed E-state index contributed by atoms with van der Waals surface area (Å²) in [4.78, 5) is 13.6. The first-order valence-electron chi connectivity index (χ1n) is 7.17. The fourth-order valence-corrected chi connectivity index (χ4v) is 1.63. The number of aliphatic hydroxyl groups is 2. The van der Waals surface area contributed by atoms with Crippen molar-refractivity contribution >= 4 is 6.09 Å². The van der Waals surface area contributed by atoms with Crippen molar-refractivity contribution in [2.45, 2.75) is 0 Å². The molecule has 0 aliphatic rings. The Hall–Kier alpha value is -1.67. The number of ether oxygens (including phenoxy) is 3. The van der Waals surface area contributed by atoms with Crippen LogP contribution in [0.4, 0.5) is 4.79 Å². The first kappa shape index (κ1) is 18.4. The van der Waals surface area contributed by atoms with Crippen LogP contribution in [0, 0.1) is 0 Å². The summed E-state index contributed by atoms with van der Waals surface area (Å²) < 4.78 is 15.6. The highest BCUT2D eigenvalue weighted by molar-refractivity contribution is 5.70. The average Bonchev–Trinajstić information content (AvgIpc) is 2.54. The first-order chi connectivity index (χ1) is 10.8. The summed E-state index contributed by atoms with van der Waals surface area (Å²) in [6.07, 6.45) is -0.494. The lowest BCUT2D eigenvalue weighted by atomic mass is 10.3. The predicted octanol–water partition coefficient (Wildman–Crippen LogP) is 0.505. The summed E-state index contributed by atoms with van der Waals surface area (Å²) in [5, 5.41) is 17.3. The third-order valence-corrected chi connectivity index (χ3v) is 2.69. The Bertz CT molecular complexity index is 388. The van der Waals surface area contributed by atoms with Gasteiger partial charge in [-0.15, -0.1) is 0 Å². The standard InChI is InChI=1S/C15H23NO6/c17-8-12-20-10-6-16(7-11-21-13-9-18)15(19)22-14-4-2-1-3-5-14/h1-5,17-18H,6-13H2. The van der Waals surface area contributed by atoms with Gasteiger partial charge in [-0.25, -0.2) is 4.79 Å². The van der Waals surface area contributed by atoms with Gasteiger partial charge in [0, 0.05) is 13.1 Å². The second-order valence-electron chi connectivity index (χ2n) is 4.34. The summed E-state index contributed by atoms with van der Waals surface area (Å²) in [7, 11) is 0. The summed E-state index contributed by atoms with van der Waals surface area (Å²) in [6, 6.07) is 8.78. The van der Waals surface area contributed by atoms with E-state index in [4.69, 9.17) is 24.4 Å². The van der Waals surface area contributed by atoms with Crippen LogP contribution in [0.15, 0.2) is 30.3 Å². The maximum absolute atomic E-state index is 12.1. The molecule has 124 valence electrons. The van der Waals surface area contributed by atoms with Gasteiger partial charge < -0.3 is 29.3 Å². The zero-order valence-corrected chi connectivity index (χ0v) is 12.5. The fourth-order valence-electron chi connectivity index (χ4n) is 1.63. The van der Waals surface area contributed by atoms with Gasteiger partial charge in [-0.05, 0) is 12.1 Å². The molecule has 0 radical (unpaired) electrons. The van der Waals surface area contributed by atoms with E-state index in [2.05, 4.69) is 0 Å². The second-order valence-corrected chi connectivity index (χ2v) is 4.34. The molecule has 22 heavy (non-hydrogen) atoms. The molecule has 0 saturated carbocycles. The Balaban J connectivity index is 2.45. The number of hydrogen-bond donors (Lipinski definition) is 2. The zero-order valence-electron chi connectivity index (χ0n) is 12.5. The van der Waals surface area contributed by atoms with Crippen LogP contribution < -0.4 is 4.74 Å². The van der Waals surface area contributed by atoms with E-state index in [1.54, 1.807) is 24.3 Å². The minimum Gasteiger partial charge on any atom is -0.410 e. The van der Waals surface area contributed by atoms with Crippen molar-refractivity contribution in [2.24, 2.45) is 0 Å². The molecule has 0 atom stereocenters. The highest BCUT2D eigenvalue weighted by Crippen LogP contribution is 2.10. The molecule has 1 aromatic carbocycles. The molecule has 0 aromatic heterocycles.